The third-order valence-electron chi connectivity index (χ3n) is 2.56. The Morgan fingerprint density at radius 3 is 2.80 bits per heavy atom. The van der Waals surface area contributed by atoms with Gasteiger partial charge >= 0.3 is 0 Å². The lowest BCUT2D eigenvalue weighted by Crippen LogP contribution is -2.08. The summed E-state index contributed by atoms with van der Waals surface area (Å²) in [5.74, 6) is 1.61. The van der Waals surface area contributed by atoms with E-state index in [2.05, 4.69) is 28.9 Å². The van der Waals surface area contributed by atoms with Gasteiger partial charge in [0.05, 0.1) is 5.52 Å². The molecule has 4 heteroatoms. The molecule has 0 saturated heterocycles. The molecule has 0 bridgehead atoms. The molecule has 15 heavy (non-hydrogen) atoms. The Bertz CT molecular complexity index is 485. The van der Waals surface area contributed by atoms with Crippen LogP contribution in [0.15, 0.2) is 18.3 Å². The summed E-state index contributed by atoms with van der Waals surface area (Å²) < 4.78 is 2.04. The number of pyridine rings is 1. The Morgan fingerprint density at radius 2 is 2.20 bits per heavy atom. The van der Waals surface area contributed by atoms with Crippen LogP contribution in [0.3, 0.4) is 0 Å². The fourth-order valence-corrected chi connectivity index (χ4v) is 1.69. The molecular weight excluding hydrogens is 188 g/mol. The fourth-order valence-electron chi connectivity index (χ4n) is 1.69. The molecule has 2 aromatic heterocycles. The summed E-state index contributed by atoms with van der Waals surface area (Å²) in [7, 11) is 4.03. The van der Waals surface area contributed by atoms with E-state index in [0.717, 1.165) is 23.4 Å². The highest BCUT2D eigenvalue weighted by Gasteiger charge is 2.07. The number of hydrogen-bond donors (Lipinski definition) is 1. The van der Waals surface area contributed by atoms with Crippen LogP contribution < -0.4 is 10.6 Å². The van der Waals surface area contributed by atoms with Gasteiger partial charge in [-0.3, -0.25) is 0 Å². The van der Waals surface area contributed by atoms with E-state index in [4.69, 9.17) is 5.73 Å². The molecule has 2 aromatic rings. The van der Waals surface area contributed by atoms with Gasteiger partial charge in [-0.05, 0) is 12.1 Å². The van der Waals surface area contributed by atoms with Crippen LogP contribution in [0.2, 0.25) is 0 Å². The zero-order chi connectivity index (χ0) is 11.0. The molecule has 0 amide bonds. The van der Waals surface area contributed by atoms with Crippen molar-refractivity contribution in [2.45, 2.75) is 13.3 Å². The number of aromatic nitrogens is 2. The Morgan fingerprint density at radius 1 is 1.47 bits per heavy atom. The maximum Gasteiger partial charge on any atom is 0.149 e. The quantitative estimate of drug-likeness (QED) is 0.807. The van der Waals surface area contributed by atoms with Crippen LogP contribution in [0.1, 0.15) is 12.7 Å². The summed E-state index contributed by atoms with van der Waals surface area (Å²) >= 11 is 0. The molecule has 0 aromatic carbocycles. The van der Waals surface area contributed by atoms with Gasteiger partial charge in [0, 0.05) is 32.4 Å². The van der Waals surface area contributed by atoms with Crippen molar-refractivity contribution in [3.8, 4) is 0 Å². The highest BCUT2D eigenvalue weighted by molar-refractivity contribution is 5.71. The fraction of sp³-hybridized carbons (Fsp3) is 0.364. The molecule has 2 heterocycles. The molecule has 4 nitrogen and oxygen atoms in total. The van der Waals surface area contributed by atoms with Crippen molar-refractivity contribution in [1.82, 2.24) is 9.38 Å². The SMILES string of the molecule is CCc1nc(N)c2cc(N(C)C)ccn12. The highest BCUT2D eigenvalue weighted by atomic mass is 15.1. The van der Waals surface area contributed by atoms with Gasteiger partial charge in [0.1, 0.15) is 11.6 Å². The molecule has 0 radical (unpaired) electrons. The lowest BCUT2D eigenvalue weighted by atomic mass is 10.3. The van der Waals surface area contributed by atoms with E-state index in [-0.39, 0.29) is 0 Å². The van der Waals surface area contributed by atoms with E-state index in [0.29, 0.717) is 5.82 Å². The number of fused-ring (bicyclic) bond motifs is 1. The van der Waals surface area contributed by atoms with Crippen LogP contribution in [0, 0.1) is 0 Å². The summed E-state index contributed by atoms with van der Waals surface area (Å²) in [6, 6.07) is 4.12. The Kier molecular flexibility index (Phi) is 2.26. The summed E-state index contributed by atoms with van der Waals surface area (Å²) in [5, 5.41) is 0. The third kappa shape index (κ3) is 1.52. The van der Waals surface area contributed by atoms with E-state index in [9.17, 15) is 0 Å². The maximum absolute atomic E-state index is 5.87. The number of nitrogens with two attached hydrogens (primary N) is 1. The van der Waals surface area contributed by atoms with Crippen molar-refractivity contribution in [3.63, 3.8) is 0 Å². The zero-order valence-electron chi connectivity index (χ0n) is 9.36. The minimum atomic E-state index is 0.607. The molecule has 0 unspecified atom stereocenters. The number of rotatable bonds is 2. The van der Waals surface area contributed by atoms with Crippen molar-refractivity contribution in [2.24, 2.45) is 0 Å². The van der Waals surface area contributed by atoms with E-state index in [1.54, 1.807) is 0 Å². The standard InChI is InChI=1S/C11H16N4/c1-4-10-13-11(12)9-7-8(14(2)3)5-6-15(9)10/h5-7H,4,12H2,1-3H3. The zero-order valence-corrected chi connectivity index (χ0v) is 9.36. The molecule has 0 aliphatic carbocycles. The van der Waals surface area contributed by atoms with E-state index in [1.165, 1.54) is 0 Å². The molecule has 80 valence electrons. The van der Waals surface area contributed by atoms with Gasteiger partial charge in [0.25, 0.3) is 0 Å². The van der Waals surface area contributed by atoms with Crippen molar-refractivity contribution in [3.05, 3.63) is 24.2 Å². The van der Waals surface area contributed by atoms with Crippen molar-refractivity contribution < 1.29 is 0 Å². The lowest BCUT2D eigenvalue weighted by molar-refractivity contribution is 0.933. The van der Waals surface area contributed by atoms with Gasteiger partial charge in [-0.1, -0.05) is 6.92 Å². The first-order valence-corrected chi connectivity index (χ1v) is 5.07. The van der Waals surface area contributed by atoms with Gasteiger partial charge in [-0.15, -0.1) is 0 Å². The van der Waals surface area contributed by atoms with E-state index < -0.39 is 0 Å². The van der Waals surface area contributed by atoms with Gasteiger partial charge in [0.2, 0.25) is 0 Å². The molecule has 0 aliphatic rings. The topological polar surface area (TPSA) is 46.6 Å². The summed E-state index contributed by atoms with van der Waals surface area (Å²) in [5.41, 5.74) is 7.99. The van der Waals surface area contributed by atoms with Crippen LogP contribution in [0.5, 0.6) is 0 Å². The van der Waals surface area contributed by atoms with Gasteiger partial charge in [0.15, 0.2) is 0 Å². The normalized spacial score (nSPS) is 10.9. The number of nitrogen functional groups attached to an aromatic ring is 1. The molecule has 0 fully saturated rings. The highest BCUT2D eigenvalue weighted by Crippen LogP contribution is 2.21. The molecule has 0 atom stereocenters. The number of anilines is 2. The molecule has 0 aliphatic heterocycles. The largest absolute Gasteiger partial charge is 0.382 e. The van der Waals surface area contributed by atoms with Crippen LogP contribution in [0.25, 0.3) is 5.52 Å². The predicted octanol–water partition coefficient (Wildman–Crippen LogP) is 1.54. The summed E-state index contributed by atoms with van der Waals surface area (Å²) in [4.78, 5) is 6.38. The second-order valence-electron chi connectivity index (χ2n) is 3.80. The minimum Gasteiger partial charge on any atom is -0.382 e. The van der Waals surface area contributed by atoms with Crippen molar-refractivity contribution >= 4 is 17.0 Å². The molecule has 0 spiro atoms. The molecule has 2 rings (SSSR count). The second-order valence-corrected chi connectivity index (χ2v) is 3.80. The van der Waals surface area contributed by atoms with Crippen LogP contribution in [-0.4, -0.2) is 23.5 Å². The second kappa shape index (κ2) is 3.46. The molecule has 2 N–H and O–H groups in total. The van der Waals surface area contributed by atoms with Crippen molar-refractivity contribution in [1.29, 1.82) is 0 Å². The van der Waals surface area contributed by atoms with Crippen LogP contribution in [0.4, 0.5) is 11.5 Å². The van der Waals surface area contributed by atoms with Crippen LogP contribution >= 0.6 is 0 Å². The summed E-state index contributed by atoms with van der Waals surface area (Å²) in [6.45, 7) is 2.08. The van der Waals surface area contributed by atoms with Crippen LogP contribution in [-0.2, 0) is 6.42 Å². The van der Waals surface area contributed by atoms with Gasteiger partial charge < -0.3 is 15.0 Å². The Hall–Kier alpha value is -1.71. The first kappa shape index (κ1) is 9.83. The first-order valence-electron chi connectivity index (χ1n) is 5.07. The number of nitrogens with zero attached hydrogens (tertiary/aromatic N) is 3. The number of imidazole rings is 1. The van der Waals surface area contributed by atoms with E-state index in [1.807, 2.05) is 24.7 Å². The maximum atomic E-state index is 5.87. The smallest absolute Gasteiger partial charge is 0.149 e. The summed E-state index contributed by atoms with van der Waals surface area (Å²) in [6.07, 6.45) is 2.91. The number of aryl methyl sites for hydroxylation is 1. The van der Waals surface area contributed by atoms with Gasteiger partial charge in [-0.25, -0.2) is 4.98 Å². The lowest BCUT2D eigenvalue weighted by Gasteiger charge is -2.12. The first-order chi connectivity index (χ1) is 7.13. The Balaban J connectivity index is 2.66. The Labute approximate surface area is 89.3 Å². The van der Waals surface area contributed by atoms with E-state index >= 15 is 0 Å². The minimum absolute atomic E-state index is 0.607. The average Bonchev–Trinajstić information content (AvgIpc) is 2.55. The predicted molar refractivity (Wildman–Crippen MR) is 63.3 cm³/mol. The molecular formula is C11H16N4. The van der Waals surface area contributed by atoms with Crippen molar-refractivity contribution in [2.75, 3.05) is 24.7 Å². The average molecular weight is 204 g/mol. The number of hydrogen-bond acceptors (Lipinski definition) is 3. The van der Waals surface area contributed by atoms with Gasteiger partial charge in [-0.2, -0.15) is 0 Å². The monoisotopic (exact) mass is 204 g/mol. The third-order valence-corrected chi connectivity index (χ3v) is 2.56. The molecule has 0 saturated carbocycles.